The first-order chi connectivity index (χ1) is 8.24. The molecule has 0 aliphatic rings. The molecule has 0 radical (unpaired) electrons. The maximum atomic E-state index is 13.6. The van der Waals surface area contributed by atoms with Gasteiger partial charge in [-0.2, -0.15) is 0 Å². The highest BCUT2D eigenvalue weighted by molar-refractivity contribution is 5.80. The van der Waals surface area contributed by atoms with Crippen LogP contribution < -0.4 is 5.73 Å². The van der Waals surface area contributed by atoms with Crippen molar-refractivity contribution in [1.82, 2.24) is 4.98 Å². The number of hydrogen-bond donors (Lipinski definition) is 1. The lowest BCUT2D eigenvalue weighted by atomic mass is 10.2. The normalized spacial score (nSPS) is 10.9. The van der Waals surface area contributed by atoms with Crippen LogP contribution in [0.3, 0.4) is 0 Å². The van der Waals surface area contributed by atoms with E-state index < -0.39 is 5.82 Å². The number of oxazole rings is 1. The summed E-state index contributed by atoms with van der Waals surface area (Å²) in [5.74, 6) is -0.0974. The van der Waals surface area contributed by atoms with Gasteiger partial charge in [-0.1, -0.05) is 18.2 Å². The molecule has 0 unspecified atom stereocenters. The van der Waals surface area contributed by atoms with Crippen molar-refractivity contribution in [3.63, 3.8) is 0 Å². The minimum atomic E-state index is -0.491. The second-order valence-corrected chi connectivity index (χ2v) is 3.74. The van der Waals surface area contributed by atoms with Gasteiger partial charge in [0.1, 0.15) is 5.52 Å². The van der Waals surface area contributed by atoms with Crippen LogP contribution in [0, 0.1) is 5.82 Å². The lowest BCUT2D eigenvalue weighted by molar-refractivity contribution is 0.564. The summed E-state index contributed by atoms with van der Waals surface area (Å²) in [6.07, 6.45) is 0. The van der Waals surface area contributed by atoms with Gasteiger partial charge in [0.25, 0.3) is 0 Å². The van der Waals surface area contributed by atoms with Crippen molar-refractivity contribution < 1.29 is 8.81 Å². The molecule has 84 valence electrons. The van der Waals surface area contributed by atoms with Crippen LogP contribution in [-0.2, 0) is 0 Å². The van der Waals surface area contributed by atoms with Gasteiger partial charge in [-0.05, 0) is 18.2 Å². The van der Waals surface area contributed by atoms with Gasteiger partial charge in [-0.3, -0.25) is 0 Å². The fourth-order valence-electron chi connectivity index (χ4n) is 1.72. The predicted molar refractivity (Wildman–Crippen MR) is 63.8 cm³/mol. The van der Waals surface area contributed by atoms with Crippen LogP contribution in [0.4, 0.5) is 10.1 Å². The fraction of sp³-hybridized carbons (Fsp3) is 0. The average Bonchev–Trinajstić information content (AvgIpc) is 2.74. The fourth-order valence-corrected chi connectivity index (χ4v) is 1.72. The standard InChI is InChI=1S/C13H9FN2O/c14-10-6-9(15)7-11-12(10)17-13(16-11)8-4-2-1-3-5-8/h1-7H,15H2. The largest absolute Gasteiger partial charge is 0.433 e. The van der Waals surface area contributed by atoms with Crippen LogP contribution in [0.25, 0.3) is 22.6 Å². The van der Waals surface area contributed by atoms with Crippen molar-refractivity contribution in [2.24, 2.45) is 0 Å². The van der Waals surface area contributed by atoms with Crippen LogP contribution in [0.2, 0.25) is 0 Å². The minimum absolute atomic E-state index is 0.137. The van der Waals surface area contributed by atoms with E-state index in [0.29, 0.717) is 17.1 Å². The molecule has 1 aromatic heterocycles. The first kappa shape index (κ1) is 9.84. The molecule has 0 spiro atoms. The molecule has 0 saturated carbocycles. The van der Waals surface area contributed by atoms with Gasteiger partial charge in [-0.15, -0.1) is 0 Å². The van der Waals surface area contributed by atoms with Crippen molar-refractivity contribution in [3.05, 3.63) is 48.3 Å². The Balaban J connectivity index is 2.24. The van der Waals surface area contributed by atoms with Crippen LogP contribution in [0.1, 0.15) is 0 Å². The van der Waals surface area contributed by atoms with Gasteiger partial charge in [-0.25, -0.2) is 9.37 Å². The number of fused-ring (bicyclic) bond motifs is 1. The topological polar surface area (TPSA) is 52.0 Å². The number of nitrogens with zero attached hydrogens (tertiary/aromatic N) is 1. The zero-order valence-electron chi connectivity index (χ0n) is 8.85. The van der Waals surface area contributed by atoms with Gasteiger partial charge in [0.15, 0.2) is 11.4 Å². The highest BCUT2D eigenvalue weighted by atomic mass is 19.1. The Labute approximate surface area is 96.7 Å². The van der Waals surface area contributed by atoms with Gasteiger partial charge in [0.05, 0.1) is 0 Å². The summed E-state index contributed by atoms with van der Waals surface area (Å²) >= 11 is 0. The van der Waals surface area contributed by atoms with Crippen molar-refractivity contribution in [2.75, 3.05) is 5.73 Å². The second kappa shape index (κ2) is 3.59. The Morgan fingerprint density at radius 2 is 1.88 bits per heavy atom. The van der Waals surface area contributed by atoms with Crippen molar-refractivity contribution in [1.29, 1.82) is 0 Å². The third-order valence-corrected chi connectivity index (χ3v) is 2.49. The Morgan fingerprint density at radius 3 is 2.65 bits per heavy atom. The summed E-state index contributed by atoms with van der Waals surface area (Å²) in [5.41, 5.74) is 7.26. The maximum Gasteiger partial charge on any atom is 0.227 e. The van der Waals surface area contributed by atoms with Gasteiger partial charge >= 0.3 is 0 Å². The van der Waals surface area contributed by atoms with E-state index in [4.69, 9.17) is 10.2 Å². The van der Waals surface area contributed by atoms with E-state index in [0.717, 1.165) is 5.56 Å². The molecular weight excluding hydrogens is 219 g/mol. The first-order valence-electron chi connectivity index (χ1n) is 5.15. The number of anilines is 1. The summed E-state index contributed by atoms with van der Waals surface area (Å²) in [6, 6.07) is 12.2. The monoisotopic (exact) mass is 228 g/mol. The second-order valence-electron chi connectivity index (χ2n) is 3.74. The van der Waals surface area contributed by atoms with Gasteiger partial charge in [0.2, 0.25) is 5.89 Å². The van der Waals surface area contributed by atoms with E-state index in [2.05, 4.69) is 4.98 Å². The number of aromatic nitrogens is 1. The van der Waals surface area contributed by atoms with Crippen molar-refractivity contribution in [3.8, 4) is 11.5 Å². The predicted octanol–water partition coefficient (Wildman–Crippen LogP) is 3.22. The van der Waals surface area contributed by atoms with Gasteiger partial charge in [0, 0.05) is 17.3 Å². The molecule has 17 heavy (non-hydrogen) atoms. The van der Waals surface area contributed by atoms with E-state index in [1.807, 2.05) is 30.3 Å². The summed E-state index contributed by atoms with van der Waals surface area (Å²) in [5, 5.41) is 0. The molecule has 3 nitrogen and oxygen atoms in total. The van der Waals surface area contributed by atoms with E-state index in [1.165, 1.54) is 6.07 Å². The highest BCUT2D eigenvalue weighted by Crippen LogP contribution is 2.27. The Kier molecular flexibility index (Phi) is 2.08. The summed E-state index contributed by atoms with van der Waals surface area (Å²) < 4.78 is 19.0. The van der Waals surface area contributed by atoms with E-state index in [1.54, 1.807) is 6.07 Å². The molecule has 0 amide bonds. The molecular formula is C13H9FN2O. The molecule has 0 aliphatic carbocycles. The molecule has 3 aromatic rings. The third kappa shape index (κ3) is 1.63. The first-order valence-corrected chi connectivity index (χ1v) is 5.15. The lowest BCUT2D eigenvalue weighted by Gasteiger charge is -1.92. The number of benzene rings is 2. The van der Waals surface area contributed by atoms with Crippen molar-refractivity contribution >= 4 is 16.8 Å². The maximum absolute atomic E-state index is 13.6. The van der Waals surface area contributed by atoms with Crippen LogP contribution in [-0.4, -0.2) is 4.98 Å². The minimum Gasteiger partial charge on any atom is -0.433 e. The molecule has 3 rings (SSSR count). The van der Waals surface area contributed by atoms with Crippen LogP contribution >= 0.6 is 0 Å². The molecule has 2 N–H and O–H groups in total. The highest BCUT2D eigenvalue weighted by Gasteiger charge is 2.12. The van der Waals surface area contributed by atoms with E-state index >= 15 is 0 Å². The van der Waals surface area contributed by atoms with Gasteiger partial charge < -0.3 is 10.2 Å². The number of nitrogen functional groups attached to an aromatic ring is 1. The Morgan fingerprint density at radius 1 is 1.12 bits per heavy atom. The molecule has 4 heteroatoms. The summed E-state index contributed by atoms with van der Waals surface area (Å²) in [7, 11) is 0. The number of hydrogen-bond acceptors (Lipinski definition) is 3. The smallest absolute Gasteiger partial charge is 0.227 e. The number of nitrogens with two attached hydrogens (primary N) is 1. The molecule has 0 bridgehead atoms. The Hall–Kier alpha value is -2.36. The van der Waals surface area contributed by atoms with E-state index in [9.17, 15) is 4.39 Å². The molecule has 0 saturated heterocycles. The number of halogens is 1. The SMILES string of the molecule is Nc1cc(F)c2oc(-c3ccccc3)nc2c1. The molecule has 0 atom stereocenters. The molecule has 2 aromatic carbocycles. The zero-order chi connectivity index (χ0) is 11.8. The Bertz CT molecular complexity index is 676. The molecule has 1 heterocycles. The lowest BCUT2D eigenvalue weighted by Crippen LogP contribution is -1.86. The third-order valence-electron chi connectivity index (χ3n) is 2.49. The molecule has 0 fully saturated rings. The number of rotatable bonds is 1. The zero-order valence-corrected chi connectivity index (χ0v) is 8.85. The van der Waals surface area contributed by atoms with Crippen LogP contribution in [0.5, 0.6) is 0 Å². The van der Waals surface area contributed by atoms with Crippen molar-refractivity contribution in [2.45, 2.75) is 0 Å². The molecule has 0 aliphatic heterocycles. The average molecular weight is 228 g/mol. The summed E-state index contributed by atoms with van der Waals surface area (Å²) in [4.78, 5) is 4.22. The van der Waals surface area contributed by atoms with Crippen LogP contribution in [0.15, 0.2) is 46.9 Å². The van der Waals surface area contributed by atoms with E-state index in [-0.39, 0.29) is 5.58 Å². The summed E-state index contributed by atoms with van der Waals surface area (Å²) in [6.45, 7) is 0. The quantitative estimate of drug-likeness (QED) is 0.650.